The molecule has 1 aliphatic heterocycles. The Morgan fingerprint density at radius 1 is 1.12 bits per heavy atom. The molecule has 126 valence electrons. The number of hydrogen-bond acceptors (Lipinski definition) is 6. The summed E-state index contributed by atoms with van der Waals surface area (Å²) < 4.78 is 5.15. The van der Waals surface area contributed by atoms with E-state index in [1.165, 1.54) is 12.1 Å². The van der Waals surface area contributed by atoms with Crippen molar-refractivity contribution in [1.82, 2.24) is 4.90 Å². The monoisotopic (exact) mass is 347 g/mol. The Bertz CT molecular complexity index is 736. The zero-order valence-electron chi connectivity index (χ0n) is 13.2. The molecule has 3 rings (SSSR count). The fourth-order valence-corrected chi connectivity index (χ4v) is 3.45. The van der Waals surface area contributed by atoms with Gasteiger partial charge >= 0.3 is 5.00 Å². The van der Waals surface area contributed by atoms with Crippen LogP contribution in [0, 0.1) is 10.1 Å². The van der Waals surface area contributed by atoms with Crippen LogP contribution in [0.3, 0.4) is 0 Å². The number of benzene rings is 1. The van der Waals surface area contributed by atoms with Gasteiger partial charge in [0.2, 0.25) is 0 Å². The lowest BCUT2D eigenvalue weighted by Gasteiger charge is -2.36. The molecule has 0 bridgehead atoms. The second kappa shape index (κ2) is 6.88. The fraction of sp³-hybridized carbons (Fsp3) is 0.312. The third kappa shape index (κ3) is 3.33. The molecule has 0 atom stereocenters. The maximum Gasteiger partial charge on any atom is 0.324 e. The number of thiophene rings is 1. The molecule has 0 radical (unpaired) electrons. The number of piperazine rings is 1. The minimum absolute atomic E-state index is 0.00443. The highest BCUT2D eigenvalue weighted by atomic mass is 32.1. The van der Waals surface area contributed by atoms with Crippen LogP contribution < -0.4 is 9.64 Å². The number of ether oxygens (including phenoxy) is 1. The zero-order chi connectivity index (χ0) is 17.1. The van der Waals surface area contributed by atoms with Gasteiger partial charge in [0.25, 0.3) is 5.91 Å². The number of hydrogen-bond donors (Lipinski definition) is 0. The summed E-state index contributed by atoms with van der Waals surface area (Å²) in [6.07, 6.45) is 0. The van der Waals surface area contributed by atoms with Crippen LogP contribution in [-0.4, -0.2) is 49.0 Å². The van der Waals surface area contributed by atoms with E-state index in [2.05, 4.69) is 4.90 Å². The average molecular weight is 347 g/mol. The van der Waals surface area contributed by atoms with E-state index in [0.29, 0.717) is 18.0 Å². The number of carbonyl (C=O) groups is 1. The summed E-state index contributed by atoms with van der Waals surface area (Å²) >= 11 is 0.926. The first-order chi connectivity index (χ1) is 11.6. The van der Waals surface area contributed by atoms with Gasteiger partial charge in [-0.1, -0.05) is 11.3 Å². The number of amides is 1. The highest BCUT2D eigenvalue weighted by molar-refractivity contribution is 7.17. The van der Waals surface area contributed by atoms with E-state index in [9.17, 15) is 14.9 Å². The number of nitrogens with zero attached hydrogens (tertiary/aromatic N) is 3. The number of methoxy groups -OCH3 is 1. The zero-order valence-corrected chi connectivity index (χ0v) is 14.0. The van der Waals surface area contributed by atoms with Gasteiger partial charge in [-0.2, -0.15) is 0 Å². The molecule has 1 aromatic heterocycles. The molecule has 0 aliphatic carbocycles. The number of carbonyl (C=O) groups excluding carboxylic acids is 1. The lowest BCUT2D eigenvalue weighted by Crippen LogP contribution is -2.48. The van der Waals surface area contributed by atoms with E-state index < -0.39 is 4.92 Å². The SMILES string of the molecule is COc1ccc(N2CCN(C(=O)c3ccc([N+](=O)[O-])s3)CC2)cc1. The van der Waals surface area contributed by atoms with Crippen molar-refractivity contribution in [3.63, 3.8) is 0 Å². The van der Waals surface area contributed by atoms with Crippen molar-refractivity contribution in [1.29, 1.82) is 0 Å². The van der Waals surface area contributed by atoms with Gasteiger partial charge in [0.05, 0.1) is 16.9 Å². The smallest absolute Gasteiger partial charge is 0.324 e. The third-order valence-electron chi connectivity index (χ3n) is 3.99. The van der Waals surface area contributed by atoms with Crippen LogP contribution >= 0.6 is 11.3 Å². The Hall–Kier alpha value is -2.61. The summed E-state index contributed by atoms with van der Waals surface area (Å²) in [4.78, 5) is 27.1. The molecule has 1 aliphatic rings. The van der Waals surface area contributed by atoms with Gasteiger partial charge in [-0.05, 0) is 30.3 Å². The molecule has 24 heavy (non-hydrogen) atoms. The topological polar surface area (TPSA) is 75.9 Å². The van der Waals surface area contributed by atoms with Crippen molar-refractivity contribution < 1.29 is 14.5 Å². The standard InChI is InChI=1S/C16H17N3O4S/c1-23-13-4-2-12(3-5-13)17-8-10-18(11-9-17)16(20)14-6-7-15(24-14)19(21)22/h2-7H,8-11H2,1H3. The molecule has 0 N–H and O–H groups in total. The highest BCUT2D eigenvalue weighted by Crippen LogP contribution is 2.26. The first kappa shape index (κ1) is 16.3. The maximum atomic E-state index is 12.4. The van der Waals surface area contributed by atoms with Crippen LogP contribution in [0.1, 0.15) is 9.67 Å². The predicted molar refractivity (Wildman–Crippen MR) is 92.1 cm³/mol. The van der Waals surface area contributed by atoms with Crippen LogP contribution in [0.15, 0.2) is 36.4 Å². The van der Waals surface area contributed by atoms with Crippen molar-refractivity contribution in [3.8, 4) is 5.75 Å². The van der Waals surface area contributed by atoms with Crippen LogP contribution in [0.5, 0.6) is 5.75 Å². The normalized spacial score (nSPS) is 14.5. The Morgan fingerprint density at radius 2 is 1.79 bits per heavy atom. The van der Waals surface area contributed by atoms with Crippen LogP contribution in [0.2, 0.25) is 0 Å². The molecule has 0 spiro atoms. The minimum Gasteiger partial charge on any atom is -0.497 e. The molecule has 0 unspecified atom stereocenters. The Kier molecular flexibility index (Phi) is 4.66. The van der Waals surface area contributed by atoms with E-state index >= 15 is 0 Å². The lowest BCUT2D eigenvalue weighted by atomic mass is 10.2. The molecule has 8 heteroatoms. The van der Waals surface area contributed by atoms with Gasteiger partial charge in [0.1, 0.15) is 5.75 Å². The number of nitro groups is 1. The first-order valence-electron chi connectivity index (χ1n) is 7.51. The van der Waals surface area contributed by atoms with Gasteiger partial charge in [0, 0.05) is 37.9 Å². The molecular weight excluding hydrogens is 330 g/mol. The average Bonchev–Trinajstić information content (AvgIpc) is 3.12. The van der Waals surface area contributed by atoms with Crippen LogP contribution in [0.4, 0.5) is 10.7 Å². The largest absolute Gasteiger partial charge is 0.497 e. The van der Waals surface area contributed by atoms with Crippen LogP contribution in [-0.2, 0) is 0 Å². The van der Waals surface area contributed by atoms with Crippen molar-refractivity contribution in [2.45, 2.75) is 0 Å². The summed E-state index contributed by atoms with van der Waals surface area (Å²) in [5, 5.41) is 10.7. The summed E-state index contributed by atoms with van der Waals surface area (Å²) in [7, 11) is 1.63. The van der Waals surface area contributed by atoms with E-state index in [-0.39, 0.29) is 10.9 Å². The first-order valence-corrected chi connectivity index (χ1v) is 8.32. The Labute approximate surface area is 143 Å². The summed E-state index contributed by atoms with van der Waals surface area (Å²) in [6, 6.07) is 10.7. The Morgan fingerprint density at radius 3 is 2.33 bits per heavy atom. The van der Waals surface area contributed by atoms with Crippen molar-refractivity contribution in [2.75, 3.05) is 38.2 Å². The van der Waals surface area contributed by atoms with Gasteiger partial charge in [-0.15, -0.1) is 0 Å². The number of anilines is 1. The fourth-order valence-electron chi connectivity index (χ4n) is 2.66. The van der Waals surface area contributed by atoms with Crippen molar-refractivity contribution >= 4 is 27.9 Å². The number of rotatable bonds is 4. The van der Waals surface area contributed by atoms with Crippen molar-refractivity contribution in [3.05, 3.63) is 51.4 Å². The lowest BCUT2D eigenvalue weighted by molar-refractivity contribution is -0.380. The second-order valence-electron chi connectivity index (χ2n) is 5.37. The van der Waals surface area contributed by atoms with E-state index in [1.54, 1.807) is 12.0 Å². The summed E-state index contributed by atoms with van der Waals surface area (Å²) in [6.45, 7) is 2.64. The molecule has 1 aromatic carbocycles. The molecule has 1 saturated heterocycles. The minimum atomic E-state index is -0.469. The summed E-state index contributed by atoms with van der Waals surface area (Å²) in [5.41, 5.74) is 1.09. The van der Waals surface area contributed by atoms with Crippen LogP contribution in [0.25, 0.3) is 0 Å². The van der Waals surface area contributed by atoms with Gasteiger partial charge in [0.15, 0.2) is 0 Å². The molecule has 0 saturated carbocycles. The maximum absolute atomic E-state index is 12.4. The highest BCUT2D eigenvalue weighted by Gasteiger charge is 2.24. The predicted octanol–water partition coefficient (Wildman–Crippen LogP) is 2.63. The molecule has 7 nitrogen and oxygen atoms in total. The molecule has 2 heterocycles. The molecular formula is C16H17N3O4S. The van der Waals surface area contributed by atoms with Gasteiger partial charge in [-0.3, -0.25) is 14.9 Å². The molecule has 2 aromatic rings. The summed E-state index contributed by atoms with van der Waals surface area (Å²) in [5.74, 6) is 0.675. The third-order valence-corrected chi connectivity index (χ3v) is 5.01. The Balaban J connectivity index is 1.61. The van der Waals surface area contributed by atoms with E-state index in [1.807, 2.05) is 24.3 Å². The van der Waals surface area contributed by atoms with E-state index in [0.717, 1.165) is 35.9 Å². The molecule has 1 amide bonds. The van der Waals surface area contributed by atoms with Gasteiger partial charge < -0.3 is 14.5 Å². The quantitative estimate of drug-likeness (QED) is 0.628. The van der Waals surface area contributed by atoms with Crippen molar-refractivity contribution in [2.24, 2.45) is 0 Å². The van der Waals surface area contributed by atoms with Gasteiger partial charge in [-0.25, -0.2) is 0 Å². The van der Waals surface area contributed by atoms with E-state index in [4.69, 9.17) is 4.74 Å². The molecule has 1 fully saturated rings. The second-order valence-corrected chi connectivity index (χ2v) is 6.43.